The van der Waals surface area contributed by atoms with Crippen molar-refractivity contribution in [3.05, 3.63) is 72.4 Å². The number of likely N-dealkylation sites (tertiary alicyclic amines) is 1. The number of aliphatic carboxylic acids is 1. The van der Waals surface area contributed by atoms with Gasteiger partial charge in [0.1, 0.15) is 11.6 Å². The number of aromatic nitrogens is 1. The van der Waals surface area contributed by atoms with Crippen LogP contribution in [0, 0.1) is 0 Å². The van der Waals surface area contributed by atoms with Crippen molar-refractivity contribution in [1.82, 2.24) is 15.2 Å². The van der Waals surface area contributed by atoms with Gasteiger partial charge in [0, 0.05) is 24.7 Å². The van der Waals surface area contributed by atoms with Crippen LogP contribution in [-0.2, 0) is 26.3 Å². The van der Waals surface area contributed by atoms with Crippen molar-refractivity contribution >= 4 is 49.4 Å². The minimum Gasteiger partial charge on any atom is -0.497 e. The largest absolute Gasteiger partial charge is 0.497 e. The number of nitrogens with zero attached hydrogens (tertiary/aromatic N) is 2. The normalized spacial score (nSPS) is 15.0. The van der Waals surface area contributed by atoms with Gasteiger partial charge < -0.3 is 25.8 Å². The van der Waals surface area contributed by atoms with Crippen LogP contribution in [0.15, 0.2) is 71.8 Å². The van der Waals surface area contributed by atoms with Gasteiger partial charge in [-0.2, -0.15) is 21.6 Å². The molecular formula is C28H29F3N4O7S. The van der Waals surface area contributed by atoms with E-state index in [2.05, 4.69) is 10.3 Å². The lowest BCUT2D eigenvalue weighted by Crippen LogP contribution is -2.35. The quantitative estimate of drug-likeness (QED) is 0.240. The number of carbonyl (C=O) groups is 2. The van der Waals surface area contributed by atoms with E-state index in [1.165, 1.54) is 19.2 Å². The van der Waals surface area contributed by atoms with Crippen LogP contribution >= 0.6 is 0 Å². The number of alkyl halides is 3. The molecule has 0 aliphatic carbocycles. The highest BCUT2D eigenvalue weighted by molar-refractivity contribution is 7.85. The number of nitrogens with one attached hydrogen (secondary N) is 1. The zero-order valence-electron chi connectivity index (χ0n) is 23.0. The Balaban J connectivity index is 0.000000197. The maximum absolute atomic E-state index is 12.1. The average Bonchev–Trinajstić information content (AvgIpc) is 3.31. The van der Waals surface area contributed by atoms with Gasteiger partial charge in [-0.1, -0.05) is 24.3 Å². The summed E-state index contributed by atoms with van der Waals surface area (Å²) in [4.78, 5) is 26.9. The summed E-state index contributed by atoms with van der Waals surface area (Å²) >= 11 is 0. The van der Waals surface area contributed by atoms with Crippen molar-refractivity contribution in [1.29, 1.82) is 0 Å². The number of nitrogens with two attached hydrogens (primary N) is 1. The molecule has 0 radical (unpaired) electrons. The summed E-state index contributed by atoms with van der Waals surface area (Å²) in [5, 5.41) is 13.8. The molecule has 1 aliphatic heterocycles. The number of carbonyl (C=O) groups excluding carboxylic acids is 1. The fourth-order valence-electron chi connectivity index (χ4n) is 4.21. The third-order valence-corrected chi connectivity index (χ3v) is 7.29. The maximum atomic E-state index is 12.1. The molecule has 5 N–H and O–H groups in total. The van der Waals surface area contributed by atoms with E-state index < -0.39 is 22.3 Å². The SMILES string of the molecule is CNC1CCN(Cc2ccc3ccnc(N)c3c2)C1=O.COc1ccc2ccc(S(=O)(=O)O)cc2c1.O=C(O)C(F)(F)F. The Morgan fingerprint density at radius 1 is 1.09 bits per heavy atom. The molecule has 1 fully saturated rings. The Morgan fingerprint density at radius 3 is 2.33 bits per heavy atom. The molecule has 1 atom stereocenters. The van der Waals surface area contributed by atoms with Gasteiger partial charge in [-0.05, 0) is 71.6 Å². The molecule has 230 valence electrons. The Morgan fingerprint density at radius 2 is 1.74 bits per heavy atom. The number of methoxy groups -OCH3 is 1. The van der Waals surface area contributed by atoms with E-state index >= 15 is 0 Å². The highest BCUT2D eigenvalue weighted by Crippen LogP contribution is 2.24. The summed E-state index contributed by atoms with van der Waals surface area (Å²) in [6.45, 7) is 1.42. The number of amides is 1. The number of carboxylic acids is 1. The van der Waals surface area contributed by atoms with Gasteiger partial charge in [-0.15, -0.1) is 0 Å². The second-order valence-electron chi connectivity index (χ2n) is 9.29. The first-order valence-electron chi connectivity index (χ1n) is 12.6. The first-order valence-corrected chi connectivity index (χ1v) is 14.0. The summed E-state index contributed by atoms with van der Waals surface area (Å²) in [6.07, 6.45) is -2.51. The Hall–Kier alpha value is -4.47. The van der Waals surface area contributed by atoms with Gasteiger partial charge in [0.2, 0.25) is 5.91 Å². The van der Waals surface area contributed by atoms with Crippen molar-refractivity contribution in [2.75, 3.05) is 26.4 Å². The van der Waals surface area contributed by atoms with Crippen molar-refractivity contribution in [3.8, 4) is 5.75 Å². The molecule has 5 rings (SSSR count). The molecule has 11 nitrogen and oxygen atoms in total. The number of ether oxygens (including phenoxy) is 1. The number of fused-ring (bicyclic) bond motifs is 2. The van der Waals surface area contributed by atoms with Gasteiger partial charge in [0.05, 0.1) is 18.0 Å². The van der Waals surface area contributed by atoms with Crippen LogP contribution in [-0.4, -0.2) is 72.8 Å². The molecule has 1 aromatic heterocycles. The van der Waals surface area contributed by atoms with Crippen molar-refractivity contribution in [3.63, 3.8) is 0 Å². The predicted octanol–water partition coefficient (Wildman–Crippen LogP) is 3.87. The molecule has 1 aliphatic rings. The van der Waals surface area contributed by atoms with Crippen LogP contribution < -0.4 is 15.8 Å². The third-order valence-electron chi connectivity index (χ3n) is 6.44. The van der Waals surface area contributed by atoms with E-state index in [-0.39, 0.29) is 16.8 Å². The topological polar surface area (TPSA) is 172 Å². The highest BCUT2D eigenvalue weighted by Gasteiger charge is 2.38. The van der Waals surface area contributed by atoms with Crippen molar-refractivity contribution in [2.24, 2.45) is 0 Å². The van der Waals surface area contributed by atoms with E-state index in [9.17, 15) is 26.4 Å². The van der Waals surface area contributed by atoms with Crippen molar-refractivity contribution in [2.45, 2.75) is 30.1 Å². The fourth-order valence-corrected chi connectivity index (χ4v) is 4.73. The summed E-state index contributed by atoms with van der Waals surface area (Å²) in [7, 11) is -0.791. The van der Waals surface area contributed by atoms with Crippen LogP contribution in [0.2, 0.25) is 0 Å². The van der Waals surface area contributed by atoms with Crippen LogP contribution in [0.1, 0.15) is 12.0 Å². The number of pyridine rings is 1. The van der Waals surface area contributed by atoms with Gasteiger partial charge in [-0.3, -0.25) is 9.35 Å². The molecule has 43 heavy (non-hydrogen) atoms. The number of hydrogen-bond acceptors (Lipinski definition) is 8. The molecule has 1 amide bonds. The molecule has 1 unspecified atom stereocenters. The lowest BCUT2D eigenvalue weighted by atomic mass is 10.1. The van der Waals surface area contributed by atoms with E-state index in [0.29, 0.717) is 23.5 Å². The summed E-state index contributed by atoms with van der Waals surface area (Å²) < 4.78 is 67.6. The van der Waals surface area contributed by atoms with Crippen LogP contribution in [0.5, 0.6) is 5.75 Å². The zero-order chi connectivity index (χ0) is 31.9. The van der Waals surface area contributed by atoms with Gasteiger partial charge in [0.15, 0.2) is 0 Å². The smallest absolute Gasteiger partial charge is 0.490 e. The lowest BCUT2D eigenvalue weighted by molar-refractivity contribution is -0.192. The lowest BCUT2D eigenvalue weighted by Gasteiger charge is -2.17. The second kappa shape index (κ2) is 13.7. The Bertz CT molecular complexity index is 1730. The number of anilines is 1. The molecular weight excluding hydrogens is 593 g/mol. The number of carboxylic acid groups (broad SMARTS) is 1. The molecule has 3 aromatic carbocycles. The minimum atomic E-state index is -5.08. The number of benzene rings is 3. The molecule has 15 heteroatoms. The number of hydrogen-bond donors (Lipinski definition) is 4. The molecule has 0 saturated carbocycles. The number of likely N-dealkylation sites (N-methyl/N-ethyl adjacent to an activating group) is 1. The number of nitrogen functional groups attached to an aromatic ring is 1. The Labute approximate surface area is 244 Å². The third kappa shape index (κ3) is 8.76. The van der Waals surface area contributed by atoms with Crippen molar-refractivity contribution < 1.29 is 45.6 Å². The van der Waals surface area contributed by atoms with E-state index in [1.807, 2.05) is 42.3 Å². The summed E-state index contributed by atoms with van der Waals surface area (Å²) in [6, 6.07) is 17.7. The summed E-state index contributed by atoms with van der Waals surface area (Å²) in [5.74, 6) is -1.41. The van der Waals surface area contributed by atoms with Gasteiger partial charge >= 0.3 is 12.1 Å². The standard InChI is InChI=1S/C15H18N4O.C11H10O4S.C2HF3O2/c1-17-13-5-7-19(15(13)20)9-10-2-3-11-4-6-18-14(16)12(11)8-10;1-15-10-4-2-8-3-5-11(16(12,13)14)7-9(8)6-10;3-2(4,5)1(6)7/h2-4,6,8,13,17H,5,7,9H2,1H3,(H2,16,18);2-7H,1H3,(H,12,13,14);(H,6,7). The predicted molar refractivity (Wildman–Crippen MR) is 153 cm³/mol. The Kier molecular flexibility index (Phi) is 10.5. The average molecular weight is 623 g/mol. The maximum Gasteiger partial charge on any atom is 0.490 e. The van der Waals surface area contributed by atoms with E-state index in [4.69, 9.17) is 24.9 Å². The fraction of sp³-hybridized carbons (Fsp3) is 0.250. The summed E-state index contributed by atoms with van der Waals surface area (Å²) in [5.41, 5.74) is 6.99. The monoisotopic (exact) mass is 622 g/mol. The molecule has 1 saturated heterocycles. The molecule has 0 bridgehead atoms. The molecule has 4 aromatic rings. The van der Waals surface area contributed by atoms with Gasteiger partial charge in [-0.25, -0.2) is 9.78 Å². The van der Waals surface area contributed by atoms with Crippen LogP contribution in [0.4, 0.5) is 19.0 Å². The highest BCUT2D eigenvalue weighted by atomic mass is 32.2. The number of halogens is 3. The van der Waals surface area contributed by atoms with Gasteiger partial charge in [0.25, 0.3) is 10.1 Å². The first kappa shape index (κ1) is 33.0. The van der Waals surface area contributed by atoms with E-state index in [0.717, 1.165) is 34.7 Å². The molecule has 2 heterocycles. The minimum absolute atomic E-state index is 0.0396. The first-order chi connectivity index (χ1) is 20.1. The zero-order valence-corrected chi connectivity index (χ0v) is 23.8. The van der Waals surface area contributed by atoms with Crippen LogP contribution in [0.3, 0.4) is 0 Å². The molecule has 0 spiro atoms. The second-order valence-corrected chi connectivity index (χ2v) is 10.7. The number of rotatable bonds is 5. The van der Waals surface area contributed by atoms with E-state index in [1.54, 1.807) is 24.4 Å². The van der Waals surface area contributed by atoms with Crippen LogP contribution in [0.25, 0.3) is 21.5 Å².